The molecule has 0 bridgehead atoms. The van der Waals surface area contributed by atoms with Gasteiger partial charge in [-0.25, -0.2) is 15.0 Å². The van der Waals surface area contributed by atoms with Gasteiger partial charge in [-0.05, 0) is 29.0 Å². The van der Waals surface area contributed by atoms with E-state index in [0.717, 1.165) is 21.5 Å². The maximum atomic E-state index is 4.45. The highest BCUT2D eigenvalue weighted by atomic mass is 127. The summed E-state index contributed by atoms with van der Waals surface area (Å²) in [6.07, 6.45) is 2.30. The molecule has 0 atom stereocenters. The predicted octanol–water partition coefficient (Wildman–Crippen LogP) is 1.47. The molecule has 0 saturated carbocycles. The molecule has 16 heavy (non-hydrogen) atoms. The third-order valence-electron chi connectivity index (χ3n) is 2.12. The molecule has 0 saturated heterocycles. The number of rotatable bonds is 3. The lowest BCUT2D eigenvalue weighted by atomic mass is 10.3. The summed E-state index contributed by atoms with van der Waals surface area (Å²) in [7, 11) is 1.84. The van der Waals surface area contributed by atoms with Crippen molar-refractivity contribution in [3.05, 3.63) is 15.6 Å². The molecule has 2 aromatic rings. The highest BCUT2D eigenvalue weighted by Crippen LogP contribution is 2.22. The van der Waals surface area contributed by atoms with Gasteiger partial charge < -0.3 is 5.32 Å². The molecule has 2 heterocycles. The average molecular weight is 330 g/mol. The molecule has 2 rings (SSSR count). The lowest BCUT2D eigenvalue weighted by Crippen LogP contribution is -2.05. The van der Waals surface area contributed by atoms with Crippen LogP contribution in [0.5, 0.6) is 0 Å². The largest absolute Gasteiger partial charge is 0.372 e. The number of H-pyrrole nitrogens is 1. The van der Waals surface area contributed by atoms with E-state index >= 15 is 0 Å². The summed E-state index contributed by atoms with van der Waals surface area (Å²) in [4.78, 5) is 12.9. The average Bonchev–Trinajstić information content (AvgIpc) is 2.83. The van der Waals surface area contributed by atoms with E-state index in [1.165, 1.54) is 6.33 Å². The number of halogens is 1. The molecule has 0 unspecified atom stereocenters. The van der Waals surface area contributed by atoms with Gasteiger partial charge in [0.1, 0.15) is 12.1 Å². The van der Waals surface area contributed by atoms with Crippen LogP contribution in [-0.2, 0) is 6.42 Å². The predicted molar refractivity (Wildman–Crippen MR) is 69.1 cm³/mol. The highest BCUT2D eigenvalue weighted by molar-refractivity contribution is 14.1. The fourth-order valence-electron chi connectivity index (χ4n) is 1.31. The molecular weight excluding hydrogens is 319 g/mol. The normalized spacial score (nSPS) is 10.4. The number of aryl methyl sites for hydroxylation is 1. The fourth-order valence-corrected chi connectivity index (χ4v) is 2.20. The molecule has 0 amide bonds. The lowest BCUT2D eigenvalue weighted by molar-refractivity contribution is 0.972. The molecule has 0 aliphatic carbocycles. The van der Waals surface area contributed by atoms with E-state index in [4.69, 9.17) is 0 Å². The maximum Gasteiger partial charge on any atom is 0.199 e. The first-order chi connectivity index (χ1) is 7.76. The number of aromatic amines is 1. The standard InChI is InChI=1S/C9H11IN6/c1-3-5-6(10)7(11-2)15-9(14-5)8-12-4-13-16-8/h4H,3H2,1-2H3,(H,11,14,15)(H,12,13,16). The first kappa shape index (κ1) is 11.2. The van der Waals surface area contributed by atoms with Crippen molar-refractivity contribution in [2.24, 2.45) is 0 Å². The molecule has 0 spiro atoms. The van der Waals surface area contributed by atoms with E-state index in [0.29, 0.717) is 11.6 Å². The van der Waals surface area contributed by atoms with Crippen LogP contribution in [0.2, 0.25) is 0 Å². The Morgan fingerprint density at radius 3 is 2.81 bits per heavy atom. The fraction of sp³-hybridized carbons (Fsp3) is 0.333. The Labute approximate surface area is 106 Å². The lowest BCUT2D eigenvalue weighted by Gasteiger charge is -2.08. The van der Waals surface area contributed by atoms with E-state index < -0.39 is 0 Å². The zero-order chi connectivity index (χ0) is 11.5. The Balaban J connectivity index is 2.56. The number of nitrogens with zero attached hydrogens (tertiary/aromatic N) is 4. The highest BCUT2D eigenvalue weighted by Gasteiger charge is 2.12. The van der Waals surface area contributed by atoms with E-state index in [2.05, 4.69) is 60.0 Å². The molecule has 84 valence electrons. The van der Waals surface area contributed by atoms with Crippen molar-refractivity contribution in [2.75, 3.05) is 12.4 Å². The van der Waals surface area contributed by atoms with E-state index in [1.807, 2.05) is 7.05 Å². The first-order valence-electron chi connectivity index (χ1n) is 4.86. The van der Waals surface area contributed by atoms with Gasteiger partial charge in [0.25, 0.3) is 0 Å². The summed E-state index contributed by atoms with van der Waals surface area (Å²) in [5.74, 6) is 1.97. The number of aromatic nitrogens is 5. The van der Waals surface area contributed by atoms with Crippen LogP contribution < -0.4 is 5.32 Å². The number of nitrogens with one attached hydrogen (secondary N) is 2. The molecule has 7 heteroatoms. The number of anilines is 1. The Morgan fingerprint density at radius 1 is 1.44 bits per heavy atom. The van der Waals surface area contributed by atoms with Gasteiger partial charge in [-0.15, -0.1) is 0 Å². The van der Waals surface area contributed by atoms with E-state index in [1.54, 1.807) is 0 Å². The minimum atomic E-state index is 0.569. The van der Waals surface area contributed by atoms with E-state index in [-0.39, 0.29) is 0 Å². The Bertz CT molecular complexity index is 456. The Kier molecular flexibility index (Phi) is 3.32. The minimum Gasteiger partial charge on any atom is -0.372 e. The quantitative estimate of drug-likeness (QED) is 0.833. The molecule has 2 N–H and O–H groups in total. The van der Waals surface area contributed by atoms with Gasteiger partial charge in [0.05, 0.1) is 9.26 Å². The van der Waals surface area contributed by atoms with Gasteiger partial charge >= 0.3 is 0 Å². The summed E-state index contributed by atoms with van der Waals surface area (Å²) >= 11 is 2.24. The van der Waals surface area contributed by atoms with Crippen LogP contribution in [0, 0.1) is 3.57 Å². The summed E-state index contributed by atoms with van der Waals surface area (Å²) < 4.78 is 1.05. The third kappa shape index (κ3) is 1.99. The summed E-state index contributed by atoms with van der Waals surface area (Å²) in [5.41, 5.74) is 1.01. The van der Waals surface area contributed by atoms with Gasteiger partial charge in [-0.1, -0.05) is 6.92 Å². The number of hydrogen-bond acceptors (Lipinski definition) is 5. The Morgan fingerprint density at radius 2 is 2.25 bits per heavy atom. The molecular formula is C9H11IN6. The van der Waals surface area contributed by atoms with Crippen molar-refractivity contribution in [3.8, 4) is 11.6 Å². The van der Waals surface area contributed by atoms with Crippen LogP contribution >= 0.6 is 22.6 Å². The zero-order valence-corrected chi connectivity index (χ0v) is 11.1. The van der Waals surface area contributed by atoms with Crippen molar-refractivity contribution in [1.29, 1.82) is 0 Å². The third-order valence-corrected chi connectivity index (χ3v) is 3.25. The van der Waals surface area contributed by atoms with Crippen molar-refractivity contribution < 1.29 is 0 Å². The van der Waals surface area contributed by atoms with Crippen LogP contribution in [0.1, 0.15) is 12.6 Å². The SMILES string of the molecule is CCc1nc(-c2ncn[nH]2)nc(NC)c1I. The van der Waals surface area contributed by atoms with Crippen LogP contribution in [0.25, 0.3) is 11.6 Å². The van der Waals surface area contributed by atoms with Gasteiger partial charge in [0.15, 0.2) is 11.6 Å². The van der Waals surface area contributed by atoms with Gasteiger partial charge in [0, 0.05) is 7.05 Å². The molecule has 0 fully saturated rings. The minimum absolute atomic E-state index is 0.569. The van der Waals surface area contributed by atoms with Gasteiger partial charge in [0.2, 0.25) is 0 Å². The molecule has 2 aromatic heterocycles. The van der Waals surface area contributed by atoms with Crippen LogP contribution in [0.4, 0.5) is 5.82 Å². The maximum absolute atomic E-state index is 4.45. The van der Waals surface area contributed by atoms with Crippen molar-refractivity contribution in [3.63, 3.8) is 0 Å². The van der Waals surface area contributed by atoms with Gasteiger partial charge in [-0.2, -0.15) is 5.10 Å². The van der Waals surface area contributed by atoms with Crippen molar-refractivity contribution in [2.45, 2.75) is 13.3 Å². The molecule has 0 aliphatic rings. The van der Waals surface area contributed by atoms with Crippen LogP contribution in [0.15, 0.2) is 6.33 Å². The molecule has 0 radical (unpaired) electrons. The molecule has 6 nitrogen and oxygen atoms in total. The second-order valence-corrected chi connectivity index (χ2v) is 4.17. The van der Waals surface area contributed by atoms with Crippen LogP contribution in [0.3, 0.4) is 0 Å². The summed E-state index contributed by atoms with van der Waals surface area (Å²) in [6, 6.07) is 0. The number of hydrogen-bond donors (Lipinski definition) is 2. The topological polar surface area (TPSA) is 79.4 Å². The molecule has 0 aliphatic heterocycles. The van der Waals surface area contributed by atoms with Crippen molar-refractivity contribution >= 4 is 28.4 Å². The van der Waals surface area contributed by atoms with Crippen molar-refractivity contribution in [1.82, 2.24) is 25.1 Å². The summed E-state index contributed by atoms with van der Waals surface area (Å²) in [5, 5.41) is 9.60. The Hall–Kier alpha value is -1.25. The monoisotopic (exact) mass is 330 g/mol. The summed E-state index contributed by atoms with van der Waals surface area (Å²) in [6.45, 7) is 2.06. The second-order valence-electron chi connectivity index (χ2n) is 3.09. The van der Waals surface area contributed by atoms with E-state index in [9.17, 15) is 0 Å². The molecule has 0 aromatic carbocycles. The van der Waals surface area contributed by atoms with Crippen LogP contribution in [-0.4, -0.2) is 32.2 Å². The first-order valence-corrected chi connectivity index (χ1v) is 5.94. The smallest absolute Gasteiger partial charge is 0.199 e. The zero-order valence-electron chi connectivity index (χ0n) is 8.95. The van der Waals surface area contributed by atoms with Gasteiger partial charge in [-0.3, -0.25) is 5.10 Å². The second kappa shape index (κ2) is 4.73.